The first-order chi connectivity index (χ1) is 11.2. The summed E-state index contributed by atoms with van der Waals surface area (Å²) in [5, 5.41) is 2.92. The average Bonchev–Trinajstić information content (AvgIpc) is 2.56. The zero-order valence-corrected chi connectivity index (χ0v) is 12.9. The summed E-state index contributed by atoms with van der Waals surface area (Å²) in [5.74, 6) is -0.232. The van der Waals surface area contributed by atoms with E-state index in [2.05, 4.69) is 15.2 Å². The molecule has 0 spiro atoms. The fraction of sp³-hybridized carbons (Fsp3) is 0.333. The number of hydrogen-bond acceptors (Lipinski definition) is 3. The summed E-state index contributed by atoms with van der Waals surface area (Å²) in [6.45, 7) is 2.31. The Morgan fingerprint density at radius 3 is 3.04 bits per heavy atom. The molecule has 1 saturated heterocycles. The zero-order chi connectivity index (χ0) is 16.1. The monoisotopic (exact) mass is 313 g/mol. The van der Waals surface area contributed by atoms with Crippen LogP contribution in [0.1, 0.15) is 18.4 Å². The van der Waals surface area contributed by atoms with Crippen LogP contribution in [0.25, 0.3) is 0 Å². The van der Waals surface area contributed by atoms with Crippen LogP contribution < -0.4 is 5.32 Å². The molecule has 4 nitrogen and oxygen atoms in total. The largest absolute Gasteiger partial charge is 0.324 e. The van der Waals surface area contributed by atoms with E-state index in [4.69, 9.17) is 0 Å². The molecule has 2 heterocycles. The van der Waals surface area contributed by atoms with Gasteiger partial charge < -0.3 is 5.32 Å². The number of carbonyl (C=O) groups excluding carboxylic acids is 1. The predicted molar refractivity (Wildman–Crippen MR) is 87.3 cm³/mol. The first kappa shape index (κ1) is 15.6. The second-order valence-corrected chi connectivity index (χ2v) is 5.94. The van der Waals surface area contributed by atoms with Crippen LogP contribution in [0.4, 0.5) is 10.1 Å². The Morgan fingerprint density at radius 2 is 2.26 bits per heavy atom. The summed E-state index contributed by atoms with van der Waals surface area (Å²) in [6, 6.07) is 10.3. The molecule has 1 N–H and O–H groups in total. The van der Waals surface area contributed by atoms with E-state index in [1.807, 2.05) is 12.1 Å². The molecular formula is C18H20FN3O. The number of anilines is 1. The highest BCUT2D eigenvalue weighted by Crippen LogP contribution is 2.20. The smallest absolute Gasteiger partial charge is 0.228 e. The normalized spacial score (nSPS) is 18.6. The highest BCUT2D eigenvalue weighted by molar-refractivity contribution is 5.92. The van der Waals surface area contributed by atoms with Crippen molar-refractivity contribution in [3.8, 4) is 0 Å². The van der Waals surface area contributed by atoms with Crippen molar-refractivity contribution in [3.05, 3.63) is 60.2 Å². The number of carbonyl (C=O) groups is 1. The van der Waals surface area contributed by atoms with E-state index in [1.54, 1.807) is 30.6 Å². The molecule has 1 aromatic carbocycles. The maximum Gasteiger partial charge on any atom is 0.228 e. The van der Waals surface area contributed by atoms with Crippen molar-refractivity contribution < 1.29 is 9.18 Å². The van der Waals surface area contributed by atoms with Gasteiger partial charge in [0.2, 0.25) is 5.91 Å². The Bertz CT molecular complexity index is 662. The summed E-state index contributed by atoms with van der Waals surface area (Å²) in [6.07, 6.45) is 5.18. The Labute approximate surface area is 135 Å². The number of likely N-dealkylation sites (tertiary alicyclic amines) is 1. The lowest BCUT2D eigenvalue weighted by molar-refractivity contribution is -0.121. The SMILES string of the molecule is O=C(Nc1cccnc1)[C@@H]1CCCN(Cc2cccc(F)c2)C1. The van der Waals surface area contributed by atoms with Crippen molar-refractivity contribution in [2.45, 2.75) is 19.4 Å². The Hall–Kier alpha value is -2.27. The number of benzene rings is 1. The lowest BCUT2D eigenvalue weighted by Gasteiger charge is -2.32. The molecule has 1 atom stereocenters. The van der Waals surface area contributed by atoms with Crippen molar-refractivity contribution in [2.75, 3.05) is 18.4 Å². The Kier molecular flexibility index (Phi) is 4.98. The summed E-state index contributed by atoms with van der Waals surface area (Å²) >= 11 is 0. The van der Waals surface area contributed by atoms with Crippen LogP contribution in [-0.4, -0.2) is 28.9 Å². The van der Waals surface area contributed by atoms with Crippen LogP contribution in [0, 0.1) is 11.7 Å². The van der Waals surface area contributed by atoms with E-state index < -0.39 is 0 Å². The van der Waals surface area contributed by atoms with Gasteiger partial charge in [0.1, 0.15) is 5.82 Å². The molecule has 2 aromatic rings. The van der Waals surface area contributed by atoms with Crippen molar-refractivity contribution in [1.82, 2.24) is 9.88 Å². The first-order valence-electron chi connectivity index (χ1n) is 7.88. The highest BCUT2D eigenvalue weighted by atomic mass is 19.1. The topological polar surface area (TPSA) is 45.2 Å². The molecule has 1 amide bonds. The van der Waals surface area contributed by atoms with Crippen molar-refractivity contribution >= 4 is 11.6 Å². The van der Waals surface area contributed by atoms with Crippen molar-refractivity contribution in [1.29, 1.82) is 0 Å². The van der Waals surface area contributed by atoms with E-state index in [1.165, 1.54) is 6.07 Å². The number of amides is 1. The number of pyridine rings is 1. The summed E-state index contributed by atoms with van der Waals surface area (Å²) in [7, 11) is 0. The molecule has 1 aliphatic rings. The molecule has 0 unspecified atom stereocenters. The summed E-state index contributed by atoms with van der Waals surface area (Å²) in [4.78, 5) is 18.6. The van der Waals surface area contributed by atoms with Gasteiger partial charge in [-0.15, -0.1) is 0 Å². The minimum absolute atomic E-state index is 0.0296. The molecule has 0 saturated carbocycles. The number of aromatic nitrogens is 1. The van der Waals surface area contributed by atoms with Crippen LogP contribution in [0.2, 0.25) is 0 Å². The lowest BCUT2D eigenvalue weighted by Crippen LogP contribution is -2.40. The number of nitrogens with zero attached hydrogens (tertiary/aromatic N) is 2. The van der Waals surface area contributed by atoms with Crippen molar-refractivity contribution in [3.63, 3.8) is 0 Å². The van der Waals surface area contributed by atoms with Crippen LogP contribution in [-0.2, 0) is 11.3 Å². The number of piperidine rings is 1. The Morgan fingerprint density at radius 1 is 1.35 bits per heavy atom. The summed E-state index contributed by atoms with van der Waals surface area (Å²) < 4.78 is 13.3. The van der Waals surface area contributed by atoms with E-state index in [9.17, 15) is 9.18 Å². The minimum Gasteiger partial charge on any atom is -0.324 e. The van der Waals surface area contributed by atoms with Crippen LogP contribution in [0.3, 0.4) is 0 Å². The predicted octanol–water partition coefficient (Wildman–Crippen LogP) is 3.07. The van der Waals surface area contributed by atoms with Gasteiger partial charge in [-0.1, -0.05) is 12.1 Å². The van der Waals surface area contributed by atoms with E-state index in [0.717, 1.165) is 30.6 Å². The molecule has 0 aliphatic carbocycles. The molecule has 120 valence electrons. The van der Waals surface area contributed by atoms with Gasteiger partial charge in [-0.3, -0.25) is 14.7 Å². The molecule has 3 rings (SSSR count). The van der Waals surface area contributed by atoms with Crippen LogP contribution >= 0.6 is 0 Å². The maximum atomic E-state index is 13.3. The van der Waals surface area contributed by atoms with Crippen molar-refractivity contribution in [2.24, 2.45) is 5.92 Å². The van der Waals surface area contributed by atoms with E-state index in [0.29, 0.717) is 13.1 Å². The summed E-state index contributed by atoms with van der Waals surface area (Å²) in [5.41, 5.74) is 1.66. The van der Waals surface area contributed by atoms with Gasteiger partial charge in [0.05, 0.1) is 17.8 Å². The standard InChI is InChI=1S/C18H20FN3O/c19-16-6-1-4-14(10-16)12-22-9-3-5-15(13-22)18(23)21-17-7-2-8-20-11-17/h1-2,4,6-8,10-11,15H,3,5,9,12-13H2,(H,21,23)/t15-/m1/s1. The molecule has 1 fully saturated rings. The Balaban J connectivity index is 1.58. The fourth-order valence-corrected chi connectivity index (χ4v) is 2.99. The molecule has 23 heavy (non-hydrogen) atoms. The number of rotatable bonds is 4. The van der Waals surface area contributed by atoms with Crippen LogP contribution in [0.15, 0.2) is 48.8 Å². The quantitative estimate of drug-likeness (QED) is 0.943. The third-order valence-corrected chi connectivity index (χ3v) is 4.10. The molecule has 5 heteroatoms. The van der Waals surface area contributed by atoms with Gasteiger partial charge in [0.15, 0.2) is 0 Å². The number of hydrogen-bond donors (Lipinski definition) is 1. The van der Waals surface area contributed by atoms with Gasteiger partial charge in [-0.05, 0) is 49.2 Å². The van der Waals surface area contributed by atoms with E-state index in [-0.39, 0.29) is 17.6 Å². The first-order valence-corrected chi connectivity index (χ1v) is 7.88. The fourth-order valence-electron chi connectivity index (χ4n) is 2.99. The number of halogens is 1. The third kappa shape index (κ3) is 4.36. The lowest BCUT2D eigenvalue weighted by atomic mass is 9.96. The van der Waals surface area contributed by atoms with Gasteiger partial charge in [-0.2, -0.15) is 0 Å². The minimum atomic E-state index is -0.217. The van der Waals surface area contributed by atoms with Gasteiger partial charge in [0.25, 0.3) is 0 Å². The molecule has 1 aromatic heterocycles. The third-order valence-electron chi connectivity index (χ3n) is 4.10. The second-order valence-electron chi connectivity index (χ2n) is 5.94. The average molecular weight is 313 g/mol. The molecule has 0 radical (unpaired) electrons. The molecular weight excluding hydrogens is 293 g/mol. The maximum absolute atomic E-state index is 13.3. The highest BCUT2D eigenvalue weighted by Gasteiger charge is 2.25. The molecule has 1 aliphatic heterocycles. The van der Waals surface area contributed by atoms with Crippen LogP contribution in [0.5, 0.6) is 0 Å². The van der Waals surface area contributed by atoms with Gasteiger partial charge in [-0.25, -0.2) is 4.39 Å². The van der Waals surface area contributed by atoms with Gasteiger partial charge >= 0.3 is 0 Å². The molecule has 0 bridgehead atoms. The zero-order valence-electron chi connectivity index (χ0n) is 12.9. The second kappa shape index (κ2) is 7.33. The van der Waals surface area contributed by atoms with Gasteiger partial charge in [0, 0.05) is 19.3 Å². The van der Waals surface area contributed by atoms with E-state index >= 15 is 0 Å². The number of nitrogens with one attached hydrogen (secondary N) is 1.